The monoisotopic (exact) mass is 380 g/mol. The van der Waals surface area contributed by atoms with Crippen LogP contribution in [-0.4, -0.2) is 34.2 Å². The fraction of sp³-hybridized carbons (Fsp3) is 0.278. The molecular formula is C18H21FN2O4S. The first-order valence-electron chi connectivity index (χ1n) is 7.87. The van der Waals surface area contributed by atoms with Crippen molar-refractivity contribution in [3.05, 3.63) is 59.9 Å². The number of methoxy groups -OCH3 is 1. The van der Waals surface area contributed by atoms with Crippen LogP contribution < -0.4 is 14.4 Å². The van der Waals surface area contributed by atoms with Gasteiger partial charge in [-0.05, 0) is 42.8 Å². The van der Waals surface area contributed by atoms with E-state index in [9.17, 15) is 17.6 Å². The molecule has 0 unspecified atom stereocenters. The van der Waals surface area contributed by atoms with Crippen LogP contribution in [0.15, 0.2) is 48.5 Å². The number of rotatable bonds is 7. The minimum atomic E-state index is -3.75. The van der Waals surface area contributed by atoms with E-state index in [0.717, 1.165) is 22.2 Å². The average molecular weight is 380 g/mol. The maximum absolute atomic E-state index is 13.4. The Hall–Kier alpha value is -2.61. The van der Waals surface area contributed by atoms with E-state index >= 15 is 0 Å². The van der Waals surface area contributed by atoms with Crippen molar-refractivity contribution in [2.75, 3.05) is 24.2 Å². The summed E-state index contributed by atoms with van der Waals surface area (Å²) in [5, 5.41) is 2.74. The Morgan fingerprint density at radius 3 is 2.42 bits per heavy atom. The quantitative estimate of drug-likeness (QED) is 0.801. The highest BCUT2D eigenvalue weighted by atomic mass is 32.2. The van der Waals surface area contributed by atoms with E-state index < -0.39 is 28.3 Å². The van der Waals surface area contributed by atoms with Crippen LogP contribution >= 0.6 is 0 Å². The van der Waals surface area contributed by atoms with Crippen molar-refractivity contribution in [3.63, 3.8) is 0 Å². The van der Waals surface area contributed by atoms with Crippen LogP contribution in [-0.2, 0) is 14.8 Å². The van der Waals surface area contributed by atoms with Gasteiger partial charge in [-0.25, -0.2) is 12.8 Å². The second-order valence-corrected chi connectivity index (χ2v) is 7.72. The van der Waals surface area contributed by atoms with Gasteiger partial charge >= 0.3 is 0 Å². The number of anilines is 1. The summed E-state index contributed by atoms with van der Waals surface area (Å²) in [6, 6.07) is 11.9. The fourth-order valence-corrected chi connectivity index (χ4v) is 3.27. The summed E-state index contributed by atoms with van der Waals surface area (Å²) in [4.78, 5) is 12.3. The van der Waals surface area contributed by atoms with Crippen LogP contribution in [0.4, 0.5) is 10.1 Å². The van der Waals surface area contributed by atoms with E-state index in [-0.39, 0.29) is 11.7 Å². The lowest BCUT2D eigenvalue weighted by Gasteiger charge is -2.23. The lowest BCUT2D eigenvalue weighted by molar-refractivity contribution is -0.120. The lowest BCUT2D eigenvalue weighted by atomic mass is 10.1. The van der Waals surface area contributed by atoms with Gasteiger partial charge in [0.05, 0.1) is 25.1 Å². The summed E-state index contributed by atoms with van der Waals surface area (Å²) in [5.41, 5.74) is 0.940. The zero-order valence-corrected chi connectivity index (χ0v) is 15.6. The number of benzene rings is 2. The molecule has 0 aliphatic carbocycles. The molecule has 1 amide bonds. The van der Waals surface area contributed by atoms with Crippen molar-refractivity contribution >= 4 is 21.6 Å². The second-order valence-electron chi connectivity index (χ2n) is 5.81. The first-order chi connectivity index (χ1) is 12.2. The molecule has 8 heteroatoms. The van der Waals surface area contributed by atoms with Gasteiger partial charge in [-0.1, -0.05) is 18.2 Å². The first-order valence-corrected chi connectivity index (χ1v) is 9.72. The number of carbonyl (C=O) groups excluding carboxylic acids is 1. The minimum Gasteiger partial charge on any atom is -0.497 e. The molecule has 0 aliphatic heterocycles. The third-order valence-corrected chi connectivity index (χ3v) is 4.92. The molecule has 0 radical (unpaired) electrons. The molecule has 2 aromatic rings. The zero-order valence-electron chi connectivity index (χ0n) is 14.8. The summed E-state index contributed by atoms with van der Waals surface area (Å²) in [6.45, 7) is 1.34. The summed E-state index contributed by atoms with van der Waals surface area (Å²) < 4.78 is 43.4. The Balaban J connectivity index is 2.11. The molecule has 26 heavy (non-hydrogen) atoms. The molecule has 0 spiro atoms. The molecule has 0 fully saturated rings. The van der Waals surface area contributed by atoms with Crippen LogP contribution in [0, 0.1) is 5.82 Å². The Morgan fingerprint density at radius 1 is 1.23 bits per heavy atom. The molecule has 1 N–H and O–H groups in total. The van der Waals surface area contributed by atoms with Crippen molar-refractivity contribution in [1.29, 1.82) is 0 Å². The maximum atomic E-state index is 13.4. The third kappa shape index (κ3) is 5.19. The van der Waals surface area contributed by atoms with E-state index in [4.69, 9.17) is 4.74 Å². The molecule has 0 aromatic heterocycles. The summed E-state index contributed by atoms with van der Waals surface area (Å²) in [5.74, 6) is -0.382. The maximum Gasteiger partial charge on any atom is 0.241 e. The zero-order chi connectivity index (χ0) is 19.3. The predicted molar refractivity (Wildman–Crippen MR) is 98.1 cm³/mol. The summed E-state index contributed by atoms with van der Waals surface area (Å²) >= 11 is 0. The van der Waals surface area contributed by atoms with Crippen LogP contribution in [0.2, 0.25) is 0 Å². The molecule has 0 aliphatic rings. The number of sulfonamides is 1. The molecule has 2 aromatic carbocycles. The molecule has 2 rings (SSSR count). The number of amides is 1. The van der Waals surface area contributed by atoms with Gasteiger partial charge < -0.3 is 10.1 Å². The molecule has 0 saturated carbocycles. The predicted octanol–water partition coefficient (Wildman–Crippen LogP) is 2.48. The molecule has 0 bridgehead atoms. The number of carbonyl (C=O) groups is 1. The number of nitrogens with zero attached hydrogens (tertiary/aromatic N) is 1. The molecule has 6 nitrogen and oxygen atoms in total. The number of hydrogen-bond donors (Lipinski definition) is 1. The van der Waals surface area contributed by atoms with Gasteiger partial charge in [-0.3, -0.25) is 9.10 Å². The highest BCUT2D eigenvalue weighted by Gasteiger charge is 2.22. The van der Waals surface area contributed by atoms with Crippen LogP contribution in [0.3, 0.4) is 0 Å². The van der Waals surface area contributed by atoms with E-state index in [0.29, 0.717) is 5.75 Å². The van der Waals surface area contributed by atoms with E-state index in [1.807, 2.05) is 12.1 Å². The Morgan fingerprint density at radius 2 is 1.88 bits per heavy atom. The largest absolute Gasteiger partial charge is 0.497 e. The van der Waals surface area contributed by atoms with Gasteiger partial charge in [-0.2, -0.15) is 0 Å². The van der Waals surface area contributed by atoms with Crippen LogP contribution in [0.25, 0.3) is 0 Å². The van der Waals surface area contributed by atoms with Gasteiger partial charge in [0.25, 0.3) is 0 Å². The van der Waals surface area contributed by atoms with E-state index in [2.05, 4.69) is 5.32 Å². The van der Waals surface area contributed by atoms with Gasteiger partial charge in [0, 0.05) is 0 Å². The van der Waals surface area contributed by atoms with Gasteiger partial charge in [0.15, 0.2) is 0 Å². The Kier molecular flexibility index (Phi) is 6.20. The number of nitrogens with one attached hydrogen (secondary N) is 1. The number of ether oxygens (including phenoxy) is 1. The molecule has 0 heterocycles. The molecule has 0 saturated heterocycles. The number of hydrogen-bond acceptors (Lipinski definition) is 4. The Labute approximate surface area is 152 Å². The second kappa shape index (κ2) is 8.18. The summed E-state index contributed by atoms with van der Waals surface area (Å²) in [6.07, 6.45) is 0.970. The van der Waals surface area contributed by atoms with Crippen molar-refractivity contribution < 1.29 is 22.3 Å². The van der Waals surface area contributed by atoms with Gasteiger partial charge in [-0.15, -0.1) is 0 Å². The molecule has 1 atom stereocenters. The van der Waals surface area contributed by atoms with Crippen molar-refractivity contribution in [3.8, 4) is 5.75 Å². The van der Waals surface area contributed by atoms with Crippen LogP contribution in [0.1, 0.15) is 18.5 Å². The molecular weight excluding hydrogens is 359 g/mol. The highest BCUT2D eigenvalue weighted by Crippen LogP contribution is 2.20. The lowest BCUT2D eigenvalue weighted by Crippen LogP contribution is -2.41. The van der Waals surface area contributed by atoms with Crippen LogP contribution in [0.5, 0.6) is 5.75 Å². The SMILES string of the molecule is COc1ccc([C@H](C)NC(=O)CN(c2cccc(F)c2)S(C)(=O)=O)cc1. The standard InChI is InChI=1S/C18H21FN2O4S/c1-13(14-7-9-17(25-2)10-8-14)20-18(22)12-21(26(3,23)24)16-6-4-5-15(19)11-16/h4-11,13H,12H2,1-3H3,(H,20,22)/t13-/m0/s1. The fourth-order valence-electron chi connectivity index (χ4n) is 2.42. The third-order valence-electron chi connectivity index (χ3n) is 3.78. The highest BCUT2D eigenvalue weighted by molar-refractivity contribution is 7.92. The van der Waals surface area contributed by atoms with Gasteiger partial charge in [0.2, 0.25) is 15.9 Å². The van der Waals surface area contributed by atoms with E-state index in [1.54, 1.807) is 26.2 Å². The van der Waals surface area contributed by atoms with Crippen molar-refractivity contribution in [2.45, 2.75) is 13.0 Å². The first kappa shape index (κ1) is 19.7. The normalized spacial score (nSPS) is 12.3. The smallest absolute Gasteiger partial charge is 0.241 e. The summed E-state index contributed by atoms with van der Waals surface area (Å²) in [7, 11) is -2.19. The van der Waals surface area contributed by atoms with Gasteiger partial charge in [0.1, 0.15) is 18.1 Å². The van der Waals surface area contributed by atoms with Crippen molar-refractivity contribution in [1.82, 2.24) is 5.32 Å². The topological polar surface area (TPSA) is 75.7 Å². The van der Waals surface area contributed by atoms with E-state index in [1.165, 1.54) is 18.2 Å². The number of halogens is 1. The van der Waals surface area contributed by atoms with Crippen molar-refractivity contribution in [2.24, 2.45) is 0 Å². The molecule has 140 valence electrons. The average Bonchev–Trinajstić information content (AvgIpc) is 2.58. The minimum absolute atomic E-state index is 0.0970. The Bertz CT molecular complexity index is 869.